The number of fused-ring (bicyclic) bond motifs is 5. The van der Waals surface area contributed by atoms with Gasteiger partial charge >= 0.3 is 0 Å². The highest BCUT2D eigenvalue weighted by atomic mass is 16.5. The Bertz CT molecular complexity index is 1580. The molecule has 0 saturated carbocycles. The maximum absolute atomic E-state index is 7.00. The van der Waals surface area contributed by atoms with Crippen molar-refractivity contribution in [3.63, 3.8) is 0 Å². The molecule has 0 spiro atoms. The van der Waals surface area contributed by atoms with Crippen LogP contribution >= 0.6 is 0 Å². The van der Waals surface area contributed by atoms with E-state index in [0.717, 1.165) is 25.7 Å². The smallest absolute Gasteiger partial charge is 0.132 e. The van der Waals surface area contributed by atoms with Crippen molar-refractivity contribution in [1.82, 2.24) is 0 Å². The van der Waals surface area contributed by atoms with Gasteiger partial charge in [0.2, 0.25) is 0 Å². The Labute approximate surface area is 265 Å². The van der Waals surface area contributed by atoms with Crippen LogP contribution in [-0.4, -0.2) is 24.4 Å². The number of benzene rings is 6. The van der Waals surface area contributed by atoms with E-state index in [9.17, 15) is 0 Å². The molecule has 0 unspecified atom stereocenters. The van der Waals surface area contributed by atoms with E-state index in [2.05, 4.69) is 115 Å². The van der Waals surface area contributed by atoms with Gasteiger partial charge in [-0.05, 0) is 62.1 Å². The van der Waals surface area contributed by atoms with Gasteiger partial charge in [0.1, 0.15) is 11.5 Å². The van der Waals surface area contributed by atoms with Crippen molar-refractivity contribution in [2.24, 2.45) is 0 Å². The van der Waals surface area contributed by atoms with Crippen molar-refractivity contribution in [3.8, 4) is 11.5 Å². The molecule has 7 rings (SSSR count). The number of aliphatic hydroxyl groups is 2. The highest BCUT2D eigenvalue weighted by Crippen LogP contribution is 2.50. The molecule has 44 heavy (non-hydrogen) atoms. The molecule has 0 bridgehead atoms. The molecule has 2 N–H and O–H groups in total. The summed E-state index contributed by atoms with van der Waals surface area (Å²) in [6, 6.07) is 41.4. The molecule has 1 aliphatic rings. The zero-order valence-corrected chi connectivity index (χ0v) is 28.3. The van der Waals surface area contributed by atoms with Crippen LogP contribution in [-0.2, 0) is 0 Å². The zero-order chi connectivity index (χ0) is 33.1. The van der Waals surface area contributed by atoms with Gasteiger partial charge in [0.05, 0.1) is 0 Å². The molecule has 0 radical (unpaired) electrons. The fourth-order valence-electron chi connectivity index (χ4n) is 5.23. The lowest BCUT2D eigenvalue weighted by molar-refractivity contribution is 0.399. The van der Waals surface area contributed by atoms with E-state index in [-0.39, 0.29) is 5.92 Å². The first-order chi connectivity index (χ1) is 21.8. The van der Waals surface area contributed by atoms with Crippen molar-refractivity contribution in [2.45, 2.75) is 61.3 Å². The summed E-state index contributed by atoms with van der Waals surface area (Å²) in [6.07, 6.45) is 0. The van der Waals surface area contributed by atoms with Crippen LogP contribution in [0.5, 0.6) is 11.5 Å². The average molecular weight is 593 g/mol. The molecule has 234 valence electrons. The summed E-state index contributed by atoms with van der Waals surface area (Å²) in [6.45, 7) is 16.0. The third-order valence-electron chi connectivity index (χ3n) is 6.73. The van der Waals surface area contributed by atoms with Crippen molar-refractivity contribution < 1.29 is 14.9 Å². The molecule has 0 amide bonds. The SMILES string of the molecule is CC.CC.CC.CC.CO.CO.c1ccc2cc3c(cc2c1)Oc1cc2ccccc2cc1C3c1cccc2ccccc12. The Kier molecular flexibility index (Phi) is 17.8. The molecule has 0 fully saturated rings. The first-order valence-electron chi connectivity index (χ1n) is 16.0. The van der Waals surface area contributed by atoms with Gasteiger partial charge in [-0.2, -0.15) is 0 Å². The highest BCUT2D eigenvalue weighted by Gasteiger charge is 2.30. The van der Waals surface area contributed by atoms with Crippen LogP contribution in [0.15, 0.2) is 115 Å². The summed E-state index contributed by atoms with van der Waals surface area (Å²) >= 11 is 0. The largest absolute Gasteiger partial charge is 0.457 e. The molecule has 6 aromatic rings. The molecule has 0 saturated heterocycles. The van der Waals surface area contributed by atoms with Crippen LogP contribution in [0.1, 0.15) is 78.0 Å². The van der Waals surface area contributed by atoms with E-state index in [0.29, 0.717) is 0 Å². The zero-order valence-electron chi connectivity index (χ0n) is 28.3. The Morgan fingerprint density at radius 3 is 1.16 bits per heavy atom. The summed E-state index contributed by atoms with van der Waals surface area (Å²) in [5, 5.41) is 21.4. The average Bonchev–Trinajstić information content (AvgIpc) is 3.14. The lowest BCUT2D eigenvalue weighted by Gasteiger charge is -2.30. The Hall–Kier alpha value is -4.18. The van der Waals surface area contributed by atoms with Crippen LogP contribution < -0.4 is 4.74 Å². The van der Waals surface area contributed by atoms with E-state index in [1.54, 1.807) is 0 Å². The molecule has 3 heteroatoms. The Morgan fingerprint density at radius 2 is 0.727 bits per heavy atom. The minimum Gasteiger partial charge on any atom is -0.457 e. The van der Waals surface area contributed by atoms with Crippen molar-refractivity contribution in [2.75, 3.05) is 14.2 Å². The van der Waals surface area contributed by atoms with Crippen LogP contribution in [0.3, 0.4) is 0 Å². The summed E-state index contributed by atoms with van der Waals surface area (Å²) in [5.74, 6) is 2.00. The Balaban J connectivity index is 0.000000728. The molecule has 1 heterocycles. The van der Waals surface area contributed by atoms with Gasteiger partial charge in [0.15, 0.2) is 0 Å². The lowest BCUT2D eigenvalue weighted by Crippen LogP contribution is -2.12. The maximum atomic E-state index is 7.00. The summed E-state index contributed by atoms with van der Waals surface area (Å²) in [5.41, 5.74) is 3.77. The highest BCUT2D eigenvalue weighted by molar-refractivity contribution is 5.92. The number of ether oxygens (including phenoxy) is 1. The van der Waals surface area contributed by atoms with Crippen LogP contribution in [0.2, 0.25) is 0 Å². The van der Waals surface area contributed by atoms with Gasteiger partial charge in [-0.3, -0.25) is 0 Å². The minimum absolute atomic E-state index is 0.106. The first-order valence-corrected chi connectivity index (χ1v) is 16.0. The number of rotatable bonds is 1. The van der Waals surface area contributed by atoms with Gasteiger partial charge in [-0.25, -0.2) is 0 Å². The van der Waals surface area contributed by atoms with E-state index in [1.165, 1.54) is 49.0 Å². The van der Waals surface area contributed by atoms with E-state index < -0.39 is 0 Å². The maximum Gasteiger partial charge on any atom is 0.132 e. The van der Waals surface area contributed by atoms with Gasteiger partial charge in [-0.15, -0.1) is 0 Å². The van der Waals surface area contributed by atoms with Gasteiger partial charge in [0, 0.05) is 31.3 Å². The third-order valence-corrected chi connectivity index (χ3v) is 6.73. The van der Waals surface area contributed by atoms with Gasteiger partial charge in [-0.1, -0.05) is 146 Å². The summed E-state index contributed by atoms with van der Waals surface area (Å²) < 4.78 is 6.56. The Morgan fingerprint density at radius 1 is 0.386 bits per heavy atom. The standard InChI is InChI=1S/C31H20O.4C2H6.2CH4O/c1-3-11-23-18-29-27(16-21(23)9-1)31(26-15-7-13-20-8-5-6-14-25(20)26)28-17-22-10-2-4-12-24(22)19-30(28)32-29;6*1-2/h1-19,31H;4*1-2H3;2*2H,1H3. The predicted octanol–water partition coefficient (Wildman–Crippen LogP) is 11.8. The molecular formula is C41H52O3. The van der Waals surface area contributed by atoms with Crippen molar-refractivity contribution >= 4 is 32.3 Å². The normalized spacial score (nSPS) is 10.4. The van der Waals surface area contributed by atoms with Crippen LogP contribution in [0.4, 0.5) is 0 Å². The van der Waals surface area contributed by atoms with E-state index in [1.807, 2.05) is 55.4 Å². The summed E-state index contributed by atoms with van der Waals surface area (Å²) in [4.78, 5) is 0. The van der Waals surface area contributed by atoms with Gasteiger partial charge < -0.3 is 14.9 Å². The monoisotopic (exact) mass is 592 g/mol. The number of hydrogen-bond donors (Lipinski definition) is 2. The molecular weight excluding hydrogens is 540 g/mol. The molecule has 1 aliphatic heterocycles. The summed E-state index contributed by atoms with van der Waals surface area (Å²) in [7, 11) is 2.00. The third kappa shape index (κ3) is 8.25. The van der Waals surface area contributed by atoms with E-state index in [4.69, 9.17) is 14.9 Å². The molecule has 0 aliphatic carbocycles. The molecule has 6 aromatic carbocycles. The fourth-order valence-corrected chi connectivity index (χ4v) is 5.23. The molecule has 0 atom stereocenters. The quantitative estimate of drug-likeness (QED) is 0.199. The second kappa shape index (κ2) is 20.7. The second-order valence-electron chi connectivity index (χ2n) is 8.58. The van der Waals surface area contributed by atoms with Gasteiger partial charge in [0.25, 0.3) is 0 Å². The number of hydrogen-bond acceptors (Lipinski definition) is 3. The first kappa shape index (κ1) is 37.8. The lowest BCUT2D eigenvalue weighted by atomic mass is 9.79. The van der Waals surface area contributed by atoms with Crippen molar-refractivity contribution in [1.29, 1.82) is 0 Å². The van der Waals surface area contributed by atoms with E-state index >= 15 is 0 Å². The topological polar surface area (TPSA) is 49.7 Å². The fraction of sp³-hybridized carbons (Fsp3) is 0.268. The van der Waals surface area contributed by atoms with Crippen molar-refractivity contribution in [3.05, 3.63) is 132 Å². The second-order valence-corrected chi connectivity index (χ2v) is 8.58. The number of aliphatic hydroxyl groups excluding tert-OH is 2. The van der Waals surface area contributed by atoms with Crippen LogP contribution in [0.25, 0.3) is 32.3 Å². The molecule has 0 aromatic heterocycles. The predicted molar refractivity (Wildman–Crippen MR) is 195 cm³/mol. The van der Waals surface area contributed by atoms with Crippen LogP contribution in [0, 0.1) is 0 Å². The minimum atomic E-state index is 0.106. The molecule has 3 nitrogen and oxygen atoms in total.